The first-order valence-electron chi connectivity index (χ1n) is 7.60. The van der Waals surface area contributed by atoms with Crippen molar-refractivity contribution < 1.29 is 19.3 Å². The summed E-state index contributed by atoms with van der Waals surface area (Å²) in [5.41, 5.74) is 3.96. The average Bonchev–Trinajstić information content (AvgIpc) is 2.93. The molecule has 0 fully saturated rings. The van der Waals surface area contributed by atoms with Crippen LogP contribution in [0.5, 0.6) is 0 Å². The Kier molecular flexibility index (Phi) is 4.80. The number of hydrogen-bond donors (Lipinski definition) is 1. The van der Waals surface area contributed by atoms with Crippen molar-refractivity contribution in [2.45, 2.75) is 12.5 Å². The zero-order valence-electron chi connectivity index (χ0n) is 14.0. The van der Waals surface area contributed by atoms with Crippen LogP contribution in [0.3, 0.4) is 0 Å². The minimum Gasteiger partial charge on any atom is -0.360 e. The van der Waals surface area contributed by atoms with Crippen molar-refractivity contribution in [3.05, 3.63) is 73.8 Å². The topological polar surface area (TPSA) is 120 Å². The van der Waals surface area contributed by atoms with Crippen molar-refractivity contribution in [2.24, 2.45) is 0 Å². The van der Waals surface area contributed by atoms with Crippen molar-refractivity contribution >= 4 is 17.1 Å². The second-order valence-corrected chi connectivity index (χ2v) is 5.54. The van der Waals surface area contributed by atoms with E-state index in [0.29, 0.717) is 0 Å². The van der Waals surface area contributed by atoms with Gasteiger partial charge in [-0.1, -0.05) is 24.3 Å². The number of hydrogen-bond acceptors (Lipinski definition) is 8. The summed E-state index contributed by atoms with van der Waals surface area (Å²) in [5, 5.41) is 23.8. The summed E-state index contributed by atoms with van der Waals surface area (Å²) in [6, 6.07) is 10.9. The molecule has 0 amide bonds. The first kappa shape index (κ1) is 17.7. The third-order valence-electron chi connectivity index (χ3n) is 4.12. The van der Waals surface area contributed by atoms with E-state index in [1.54, 1.807) is 5.01 Å². The van der Waals surface area contributed by atoms with Gasteiger partial charge >= 0.3 is 5.69 Å². The summed E-state index contributed by atoms with van der Waals surface area (Å²) < 4.78 is 11.0. The lowest BCUT2D eigenvalue weighted by Crippen LogP contribution is -2.34. The number of benzene rings is 2. The third-order valence-corrected chi connectivity index (χ3v) is 4.12. The normalized spacial score (nSPS) is 19.2. The monoisotopic (exact) mass is 360 g/mol. The molecule has 1 aliphatic rings. The van der Waals surface area contributed by atoms with Crippen LogP contribution < -0.4 is 5.43 Å². The second-order valence-electron chi connectivity index (χ2n) is 5.54. The van der Waals surface area contributed by atoms with Gasteiger partial charge in [-0.05, 0) is 6.07 Å². The van der Waals surface area contributed by atoms with Gasteiger partial charge in [0, 0.05) is 31.4 Å². The quantitative estimate of drug-likeness (QED) is 0.616. The van der Waals surface area contributed by atoms with E-state index in [-0.39, 0.29) is 11.4 Å². The number of nitro benzene ring substituents is 2. The summed E-state index contributed by atoms with van der Waals surface area (Å²) >= 11 is 0. The van der Waals surface area contributed by atoms with Gasteiger partial charge in [-0.3, -0.25) is 20.2 Å². The summed E-state index contributed by atoms with van der Waals surface area (Å²) in [4.78, 5) is 20.9. The fourth-order valence-corrected chi connectivity index (χ4v) is 3.00. The number of non-ortho nitro benzene ring substituents is 1. The zero-order valence-corrected chi connectivity index (χ0v) is 14.0. The predicted octanol–water partition coefficient (Wildman–Crippen LogP) is 3.14. The van der Waals surface area contributed by atoms with Gasteiger partial charge in [-0.25, -0.2) is 0 Å². The number of nitrogens with one attached hydrogen (secondary N) is 1. The van der Waals surface area contributed by atoms with Gasteiger partial charge in [0.2, 0.25) is 0 Å². The molecule has 2 unspecified atom stereocenters. The van der Waals surface area contributed by atoms with Crippen LogP contribution in [-0.2, 0) is 9.47 Å². The fraction of sp³-hybridized carbons (Fsp3) is 0.250. The van der Waals surface area contributed by atoms with E-state index < -0.39 is 28.0 Å². The van der Waals surface area contributed by atoms with Crippen LogP contribution in [-0.4, -0.2) is 29.1 Å². The minimum absolute atomic E-state index is 0.0949. The number of hydrazine groups is 1. The van der Waals surface area contributed by atoms with E-state index in [9.17, 15) is 20.2 Å². The van der Waals surface area contributed by atoms with Crippen molar-refractivity contribution in [1.82, 2.24) is 5.01 Å². The van der Waals surface area contributed by atoms with Crippen LogP contribution in [0.15, 0.2) is 42.5 Å². The molecule has 0 saturated carbocycles. The molecular weight excluding hydrogens is 344 g/mol. The van der Waals surface area contributed by atoms with Crippen LogP contribution in [0.2, 0.25) is 0 Å². The van der Waals surface area contributed by atoms with Crippen molar-refractivity contribution in [3.63, 3.8) is 0 Å². The van der Waals surface area contributed by atoms with E-state index in [0.717, 1.165) is 17.2 Å². The fourth-order valence-electron chi connectivity index (χ4n) is 3.00. The molecule has 1 heterocycles. The summed E-state index contributed by atoms with van der Waals surface area (Å²) in [7, 11) is 3.02. The summed E-state index contributed by atoms with van der Waals surface area (Å²) in [6.07, 6.45) is -1.10. The second kappa shape index (κ2) is 7.04. The number of anilines is 1. The molecule has 26 heavy (non-hydrogen) atoms. The molecule has 0 aromatic heterocycles. The molecule has 2 atom stereocenters. The SMILES string of the molecule is COC1c2ccccc2C(OC)N1Nc1ccc([N+](=O)[O-])cc1[N+](=O)[O-]. The Labute approximate surface area is 148 Å². The number of nitro groups is 2. The molecule has 0 spiro atoms. The summed E-state index contributed by atoms with van der Waals surface area (Å²) in [6.45, 7) is 0. The molecule has 0 saturated heterocycles. The predicted molar refractivity (Wildman–Crippen MR) is 91.2 cm³/mol. The van der Waals surface area contributed by atoms with Gasteiger partial charge in [0.15, 0.2) is 12.5 Å². The Morgan fingerprint density at radius 3 is 2.00 bits per heavy atom. The highest BCUT2D eigenvalue weighted by Gasteiger charge is 2.40. The molecule has 0 aliphatic carbocycles. The molecule has 0 radical (unpaired) electrons. The Hall–Kier alpha value is -3.08. The highest BCUT2D eigenvalue weighted by molar-refractivity contribution is 5.65. The lowest BCUT2D eigenvalue weighted by molar-refractivity contribution is -0.393. The van der Waals surface area contributed by atoms with Crippen molar-refractivity contribution in [2.75, 3.05) is 19.6 Å². The number of rotatable bonds is 6. The van der Waals surface area contributed by atoms with Gasteiger partial charge in [0.1, 0.15) is 5.69 Å². The van der Waals surface area contributed by atoms with Crippen LogP contribution >= 0.6 is 0 Å². The van der Waals surface area contributed by atoms with E-state index in [1.165, 1.54) is 26.4 Å². The van der Waals surface area contributed by atoms with E-state index in [4.69, 9.17) is 9.47 Å². The molecule has 2 aromatic carbocycles. The maximum Gasteiger partial charge on any atom is 0.300 e. The minimum atomic E-state index is -0.682. The molecule has 10 nitrogen and oxygen atoms in total. The van der Waals surface area contributed by atoms with Gasteiger partial charge < -0.3 is 14.9 Å². The van der Waals surface area contributed by atoms with Crippen molar-refractivity contribution in [1.29, 1.82) is 0 Å². The third kappa shape index (κ3) is 2.96. The van der Waals surface area contributed by atoms with Gasteiger partial charge in [-0.2, -0.15) is 5.01 Å². The number of fused-ring (bicyclic) bond motifs is 1. The Morgan fingerprint density at radius 2 is 1.54 bits per heavy atom. The maximum absolute atomic E-state index is 11.4. The largest absolute Gasteiger partial charge is 0.360 e. The number of ether oxygens (including phenoxy) is 2. The molecule has 1 N–H and O–H groups in total. The zero-order chi connectivity index (χ0) is 18.8. The standard InChI is InChI=1S/C16H16N4O6/c1-25-15-11-5-3-4-6-12(11)16(26-2)18(15)17-13-8-7-10(19(21)22)9-14(13)20(23)24/h3-9,15-17H,1-2H3. The van der Waals surface area contributed by atoms with Gasteiger partial charge in [-0.15, -0.1) is 0 Å². The maximum atomic E-state index is 11.4. The van der Waals surface area contributed by atoms with Crippen LogP contribution in [0, 0.1) is 20.2 Å². The average molecular weight is 360 g/mol. The molecule has 0 bridgehead atoms. The number of nitrogens with zero attached hydrogens (tertiary/aromatic N) is 3. The Balaban J connectivity index is 2.00. The van der Waals surface area contributed by atoms with Crippen LogP contribution in [0.1, 0.15) is 23.6 Å². The molecule has 10 heteroatoms. The lowest BCUT2D eigenvalue weighted by Gasteiger charge is -2.29. The van der Waals surface area contributed by atoms with Gasteiger partial charge in [0.05, 0.1) is 15.9 Å². The van der Waals surface area contributed by atoms with Crippen LogP contribution in [0.25, 0.3) is 0 Å². The van der Waals surface area contributed by atoms with Crippen molar-refractivity contribution in [3.8, 4) is 0 Å². The highest BCUT2D eigenvalue weighted by atomic mass is 16.6. The smallest absolute Gasteiger partial charge is 0.300 e. The van der Waals surface area contributed by atoms with E-state index >= 15 is 0 Å². The number of methoxy groups -OCH3 is 2. The molecule has 1 aliphatic heterocycles. The highest BCUT2D eigenvalue weighted by Crippen LogP contribution is 2.43. The molecule has 2 aromatic rings. The molecule has 3 rings (SSSR count). The summed E-state index contributed by atoms with van der Waals surface area (Å²) in [5.74, 6) is 0. The molecular formula is C16H16N4O6. The Bertz CT molecular complexity index is 827. The van der Waals surface area contributed by atoms with Gasteiger partial charge in [0.25, 0.3) is 5.69 Å². The first-order chi connectivity index (χ1) is 12.5. The van der Waals surface area contributed by atoms with E-state index in [2.05, 4.69) is 5.43 Å². The molecule has 136 valence electrons. The Morgan fingerprint density at radius 1 is 0.962 bits per heavy atom. The first-order valence-corrected chi connectivity index (χ1v) is 7.60. The van der Waals surface area contributed by atoms with E-state index in [1.807, 2.05) is 24.3 Å². The lowest BCUT2D eigenvalue weighted by atomic mass is 10.1. The van der Waals surface area contributed by atoms with Crippen LogP contribution in [0.4, 0.5) is 17.1 Å².